The van der Waals surface area contributed by atoms with Gasteiger partial charge in [0.05, 0.1) is 5.69 Å². The van der Waals surface area contributed by atoms with Crippen molar-refractivity contribution >= 4 is 22.8 Å². The Hall–Kier alpha value is -2.89. The summed E-state index contributed by atoms with van der Waals surface area (Å²) in [6, 6.07) is 8.66. The molecule has 0 aliphatic rings. The number of aromatic nitrogens is 3. The van der Waals surface area contributed by atoms with E-state index >= 15 is 0 Å². The molecule has 0 aliphatic heterocycles. The van der Waals surface area contributed by atoms with Crippen molar-refractivity contribution in [2.24, 2.45) is 5.73 Å². The molecule has 0 atom stereocenters. The molecule has 0 fully saturated rings. The number of carbonyl (C=O) groups excluding carboxylic acids is 1. The van der Waals surface area contributed by atoms with Crippen molar-refractivity contribution in [3.8, 4) is 11.3 Å². The fourth-order valence-corrected chi connectivity index (χ4v) is 1.96. The van der Waals surface area contributed by atoms with E-state index in [0.29, 0.717) is 5.69 Å². The molecule has 2 amide bonds. The van der Waals surface area contributed by atoms with Crippen molar-refractivity contribution in [2.75, 3.05) is 5.32 Å². The Morgan fingerprint density at radius 3 is 2.68 bits per heavy atom. The van der Waals surface area contributed by atoms with Crippen LogP contribution in [0.4, 0.5) is 10.5 Å². The van der Waals surface area contributed by atoms with E-state index in [1.165, 1.54) is 6.33 Å². The van der Waals surface area contributed by atoms with E-state index in [0.717, 1.165) is 22.3 Å². The predicted octanol–water partition coefficient (Wildman–Crippen LogP) is 2.12. The second kappa shape index (κ2) is 4.41. The lowest BCUT2D eigenvalue weighted by Gasteiger charge is -2.04. The van der Waals surface area contributed by atoms with E-state index in [1.54, 1.807) is 12.1 Å². The number of hydrogen-bond acceptors (Lipinski definition) is 3. The predicted molar refractivity (Wildman–Crippen MR) is 72.5 cm³/mol. The number of H-pyrrole nitrogens is 1. The van der Waals surface area contributed by atoms with Crippen molar-refractivity contribution in [3.63, 3.8) is 0 Å². The number of carbonyl (C=O) groups is 1. The molecular weight excluding hydrogens is 242 g/mol. The van der Waals surface area contributed by atoms with Crippen LogP contribution >= 0.6 is 0 Å². The third kappa shape index (κ3) is 2.11. The van der Waals surface area contributed by atoms with Crippen LogP contribution in [0.2, 0.25) is 0 Å². The van der Waals surface area contributed by atoms with Gasteiger partial charge in [-0.1, -0.05) is 12.1 Å². The van der Waals surface area contributed by atoms with Crippen molar-refractivity contribution in [1.82, 2.24) is 15.0 Å². The summed E-state index contributed by atoms with van der Waals surface area (Å²) in [5.74, 6) is 0. The first-order valence-electron chi connectivity index (χ1n) is 5.69. The summed E-state index contributed by atoms with van der Waals surface area (Å²) in [6.45, 7) is 0. The monoisotopic (exact) mass is 253 g/mol. The molecule has 1 aromatic carbocycles. The van der Waals surface area contributed by atoms with Crippen LogP contribution in [0, 0.1) is 0 Å². The molecule has 3 aromatic rings. The summed E-state index contributed by atoms with van der Waals surface area (Å²) in [7, 11) is 0. The van der Waals surface area contributed by atoms with E-state index in [4.69, 9.17) is 5.73 Å². The Morgan fingerprint density at radius 1 is 1.16 bits per heavy atom. The minimum Gasteiger partial charge on any atom is -0.351 e. The highest BCUT2D eigenvalue weighted by Gasteiger charge is 2.07. The molecule has 4 N–H and O–H groups in total. The van der Waals surface area contributed by atoms with Crippen molar-refractivity contribution < 1.29 is 4.79 Å². The van der Waals surface area contributed by atoms with Crippen LogP contribution in [0.3, 0.4) is 0 Å². The zero-order valence-electron chi connectivity index (χ0n) is 9.92. The second-order valence-electron chi connectivity index (χ2n) is 4.03. The van der Waals surface area contributed by atoms with Gasteiger partial charge < -0.3 is 16.0 Å². The molecule has 0 radical (unpaired) electrons. The van der Waals surface area contributed by atoms with Crippen LogP contribution in [0.25, 0.3) is 22.3 Å². The highest BCUT2D eigenvalue weighted by atomic mass is 16.2. The molecule has 2 aromatic heterocycles. The van der Waals surface area contributed by atoms with Gasteiger partial charge in [-0.15, -0.1) is 0 Å². The fraction of sp³-hybridized carbons (Fsp3) is 0. The lowest BCUT2D eigenvalue weighted by atomic mass is 10.1. The molecule has 19 heavy (non-hydrogen) atoms. The van der Waals surface area contributed by atoms with Gasteiger partial charge in [0.2, 0.25) is 0 Å². The Balaban J connectivity index is 2.02. The molecule has 3 rings (SSSR count). The van der Waals surface area contributed by atoms with Gasteiger partial charge in [0.25, 0.3) is 0 Å². The molecule has 0 unspecified atom stereocenters. The van der Waals surface area contributed by atoms with E-state index in [1.807, 2.05) is 24.4 Å². The molecule has 0 aliphatic carbocycles. The largest absolute Gasteiger partial charge is 0.351 e. The normalized spacial score (nSPS) is 10.5. The third-order valence-corrected chi connectivity index (χ3v) is 2.78. The summed E-state index contributed by atoms with van der Waals surface area (Å²) in [6.07, 6.45) is 3.34. The van der Waals surface area contributed by atoms with Crippen LogP contribution in [0.15, 0.2) is 42.9 Å². The van der Waals surface area contributed by atoms with Crippen LogP contribution < -0.4 is 11.1 Å². The van der Waals surface area contributed by atoms with Crippen molar-refractivity contribution in [1.29, 1.82) is 0 Å². The summed E-state index contributed by atoms with van der Waals surface area (Å²) < 4.78 is 0. The number of urea groups is 1. The zero-order valence-corrected chi connectivity index (χ0v) is 9.92. The van der Waals surface area contributed by atoms with Gasteiger partial charge in [0.1, 0.15) is 12.0 Å². The van der Waals surface area contributed by atoms with Gasteiger partial charge in [0, 0.05) is 22.8 Å². The Bertz CT molecular complexity index is 732. The van der Waals surface area contributed by atoms with E-state index < -0.39 is 6.03 Å². The maximum absolute atomic E-state index is 10.8. The average molecular weight is 253 g/mol. The highest BCUT2D eigenvalue weighted by Crippen LogP contribution is 2.25. The van der Waals surface area contributed by atoms with E-state index in [-0.39, 0.29) is 0 Å². The topological polar surface area (TPSA) is 96.7 Å². The molecule has 0 saturated carbocycles. The fourth-order valence-electron chi connectivity index (χ4n) is 1.96. The zero-order chi connectivity index (χ0) is 13.2. The van der Waals surface area contributed by atoms with Crippen LogP contribution in [0.1, 0.15) is 0 Å². The summed E-state index contributed by atoms with van der Waals surface area (Å²) in [5, 5.41) is 3.47. The number of nitrogens with zero attached hydrogens (tertiary/aromatic N) is 2. The van der Waals surface area contributed by atoms with Crippen LogP contribution in [0.5, 0.6) is 0 Å². The Kier molecular flexibility index (Phi) is 2.60. The number of amides is 2. The van der Waals surface area contributed by atoms with Gasteiger partial charge in [-0.05, 0) is 18.2 Å². The van der Waals surface area contributed by atoms with Crippen molar-refractivity contribution in [2.45, 2.75) is 0 Å². The number of nitrogens with one attached hydrogen (secondary N) is 2. The average Bonchev–Trinajstić information content (AvgIpc) is 2.87. The number of anilines is 1. The lowest BCUT2D eigenvalue weighted by molar-refractivity contribution is 0.259. The molecule has 0 spiro atoms. The molecule has 94 valence electrons. The maximum Gasteiger partial charge on any atom is 0.316 e. The Labute approximate surface area is 108 Å². The SMILES string of the molecule is NC(=O)Nc1ccc(-c2ncnc3[nH]ccc23)cc1. The minimum atomic E-state index is -0.581. The number of fused-ring (bicyclic) bond motifs is 1. The van der Waals surface area contributed by atoms with Gasteiger partial charge in [-0.25, -0.2) is 14.8 Å². The number of hydrogen-bond donors (Lipinski definition) is 3. The van der Waals surface area contributed by atoms with E-state index in [9.17, 15) is 4.79 Å². The van der Waals surface area contributed by atoms with Gasteiger partial charge in [-0.3, -0.25) is 0 Å². The third-order valence-electron chi connectivity index (χ3n) is 2.78. The molecular formula is C13H11N5O. The quantitative estimate of drug-likeness (QED) is 0.652. The molecule has 0 bridgehead atoms. The number of rotatable bonds is 2. The Morgan fingerprint density at radius 2 is 1.95 bits per heavy atom. The number of aromatic amines is 1. The first-order chi connectivity index (χ1) is 9.24. The maximum atomic E-state index is 10.8. The number of nitrogens with two attached hydrogens (primary N) is 1. The molecule has 6 nitrogen and oxygen atoms in total. The van der Waals surface area contributed by atoms with E-state index in [2.05, 4.69) is 20.3 Å². The van der Waals surface area contributed by atoms with Crippen molar-refractivity contribution in [3.05, 3.63) is 42.9 Å². The summed E-state index contributed by atoms with van der Waals surface area (Å²) in [4.78, 5) is 22.2. The molecule has 2 heterocycles. The first kappa shape index (κ1) is 11.2. The summed E-state index contributed by atoms with van der Waals surface area (Å²) >= 11 is 0. The van der Waals surface area contributed by atoms with Gasteiger partial charge >= 0.3 is 6.03 Å². The number of primary amides is 1. The highest BCUT2D eigenvalue weighted by molar-refractivity contribution is 5.91. The molecule has 0 saturated heterocycles. The van der Waals surface area contributed by atoms with Crippen LogP contribution in [-0.2, 0) is 0 Å². The standard InChI is InChI=1S/C13H11N5O/c14-13(19)18-9-3-1-8(2-4-9)11-10-5-6-15-12(10)17-7-16-11/h1-7H,(H3,14,18,19)(H,15,16,17). The second-order valence-corrected chi connectivity index (χ2v) is 4.03. The van der Waals surface area contributed by atoms with Gasteiger partial charge in [-0.2, -0.15) is 0 Å². The summed E-state index contributed by atoms with van der Waals surface area (Å²) in [5.41, 5.74) is 8.29. The smallest absolute Gasteiger partial charge is 0.316 e. The van der Waals surface area contributed by atoms with Gasteiger partial charge in [0.15, 0.2) is 0 Å². The minimum absolute atomic E-state index is 0.581. The lowest BCUT2D eigenvalue weighted by Crippen LogP contribution is -2.19. The first-order valence-corrected chi connectivity index (χ1v) is 5.69. The number of benzene rings is 1. The van der Waals surface area contributed by atoms with Crippen LogP contribution in [-0.4, -0.2) is 21.0 Å². The molecule has 6 heteroatoms.